The van der Waals surface area contributed by atoms with E-state index < -0.39 is 0 Å². The largest absolute Gasteiger partial charge is 0.374 e. The summed E-state index contributed by atoms with van der Waals surface area (Å²) in [5.74, 6) is 0.543. The molecule has 0 fully saturated rings. The summed E-state index contributed by atoms with van der Waals surface area (Å²) in [6.07, 6.45) is 0. The van der Waals surface area contributed by atoms with E-state index in [0.29, 0.717) is 5.92 Å². The fourth-order valence-corrected chi connectivity index (χ4v) is 2.09. The maximum atomic E-state index is 2.30. The van der Waals surface area contributed by atoms with Crippen LogP contribution in [0.2, 0.25) is 0 Å². The van der Waals surface area contributed by atoms with Gasteiger partial charge in [-0.2, -0.15) is 0 Å². The summed E-state index contributed by atoms with van der Waals surface area (Å²) in [5, 5.41) is 0. The molecule has 0 spiro atoms. The zero-order valence-corrected chi connectivity index (χ0v) is 10.5. The van der Waals surface area contributed by atoms with E-state index in [1.165, 1.54) is 11.3 Å². The Morgan fingerprint density at radius 2 is 1.41 bits per heavy atom. The van der Waals surface area contributed by atoms with Gasteiger partial charge in [0.25, 0.3) is 0 Å². The van der Waals surface area contributed by atoms with Crippen LogP contribution in [0.25, 0.3) is 0 Å². The van der Waals surface area contributed by atoms with Gasteiger partial charge < -0.3 is 4.90 Å². The molecule has 1 nitrogen and oxygen atoms in total. The van der Waals surface area contributed by atoms with E-state index in [9.17, 15) is 0 Å². The van der Waals surface area contributed by atoms with E-state index in [2.05, 4.69) is 79.5 Å². The van der Waals surface area contributed by atoms with Crippen molar-refractivity contribution in [3.63, 3.8) is 0 Å². The quantitative estimate of drug-likeness (QED) is 0.762. The van der Waals surface area contributed by atoms with Crippen LogP contribution in [-0.2, 0) is 0 Å². The van der Waals surface area contributed by atoms with E-state index in [1.54, 1.807) is 0 Å². The Balaban J connectivity index is 2.02. The molecule has 0 heterocycles. The lowest BCUT2D eigenvalue weighted by Crippen LogP contribution is -2.22. The van der Waals surface area contributed by atoms with Gasteiger partial charge in [0.05, 0.1) is 0 Å². The summed E-state index contributed by atoms with van der Waals surface area (Å²) in [5.41, 5.74) is 2.67. The van der Waals surface area contributed by atoms with Crippen LogP contribution in [0.4, 0.5) is 5.69 Å². The molecule has 2 aromatic carbocycles. The highest BCUT2D eigenvalue weighted by Gasteiger charge is 2.08. The van der Waals surface area contributed by atoms with Crippen molar-refractivity contribution in [1.82, 2.24) is 0 Å². The van der Waals surface area contributed by atoms with E-state index in [0.717, 1.165) is 6.54 Å². The van der Waals surface area contributed by atoms with Crippen molar-refractivity contribution in [2.75, 3.05) is 18.5 Å². The van der Waals surface area contributed by atoms with Crippen molar-refractivity contribution in [2.24, 2.45) is 0 Å². The highest BCUT2D eigenvalue weighted by molar-refractivity contribution is 5.45. The van der Waals surface area contributed by atoms with Gasteiger partial charge in [0, 0.05) is 19.3 Å². The van der Waals surface area contributed by atoms with Crippen LogP contribution >= 0.6 is 0 Å². The molecular weight excluding hydrogens is 206 g/mol. The summed E-state index contributed by atoms with van der Waals surface area (Å²) < 4.78 is 0. The van der Waals surface area contributed by atoms with Gasteiger partial charge in [-0.3, -0.25) is 0 Å². The molecule has 1 atom stereocenters. The van der Waals surface area contributed by atoms with Gasteiger partial charge in [-0.05, 0) is 23.6 Å². The molecular formula is C16H19N. The van der Waals surface area contributed by atoms with Gasteiger partial charge >= 0.3 is 0 Å². The molecule has 0 aliphatic heterocycles. The maximum absolute atomic E-state index is 2.30. The maximum Gasteiger partial charge on any atom is 0.0363 e. The zero-order chi connectivity index (χ0) is 12.1. The second kappa shape index (κ2) is 5.53. The Morgan fingerprint density at radius 3 is 2.00 bits per heavy atom. The standard InChI is InChI=1S/C16H19N/c1-14(15-9-5-3-6-10-15)13-17(2)16-11-7-4-8-12-16/h3-12,14H,13H2,1-2H3. The molecule has 0 bridgehead atoms. The summed E-state index contributed by atoms with van der Waals surface area (Å²) in [7, 11) is 2.15. The van der Waals surface area contributed by atoms with Gasteiger partial charge in [-0.25, -0.2) is 0 Å². The van der Waals surface area contributed by atoms with Crippen LogP contribution in [0.5, 0.6) is 0 Å². The van der Waals surface area contributed by atoms with Crippen LogP contribution in [0.15, 0.2) is 60.7 Å². The van der Waals surface area contributed by atoms with Gasteiger partial charge in [-0.1, -0.05) is 55.5 Å². The number of likely N-dealkylation sites (N-methyl/N-ethyl adjacent to an activating group) is 1. The predicted octanol–water partition coefficient (Wildman–Crippen LogP) is 3.93. The van der Waals surface area contributed by atoms with Gasteiger partial charge in [0.15, 0.2) is 0 Å². The first kappa shape index (κ1) is 11.7. The highest BCUT2D eigenvalue weighted by Crippen LogP contribution is 2.19. The molecule has 1 heteroatoms. The summed E-state index contributed by atoms with van der Waals surface area (Å²) in [6, 6.07) is 21.2. The van der Waals surface area contributed by atoms with Gasteiger partial charge in [0.1, 0.15) is 0 Å². The molecule has 88 valence electrons. The number of hydrogen-bond acceptors (Lipinski definition) is 1. The third-order valence-electron chi connectivity index (χ3n) is 3.11. The van der Waals surface area contributed by atoms with Crippen molar-refractivity contribution < 1.29 is 0 Å². The Bertz CT molecular complexity index is 392. The molecule has 17 heavy (non-hydrogen) atoms. The average molecular weight is 225 g/mol. The van der Waals surface area contributed by atoms with Crippen molar-refractivity contribution in [3.8, 4) is 0 Å². The smallest absolute Gasteiger partial charge is 0.0363 e. The number of para-hydroxylation sites is 1. The fraction of sp³-hybridized carbons (Fsp3) is 0.250. The van der Waals surface area contributed by atoms with Crippen molar-refractivity contribution in [3.05, 3.63) is 66.2 Å². The lowest BCUT2D eigenvalue weighted by Gasteiger charge is -2.23. The fourth-order valence-electron chi connectivity index (χ4n) is 2.09. The Labute approximate surface area is 104 Å². The summed E-state index contributed by atoms with van der Waals surface area (Å²) in [4.78, 5) is 2.30. The molecule has 2 aromatic rings. The number of hydrogen-bond donors (Lipinski definition) is 0. The summed E-state index contributed by atoms with van der Waals surface area (Å²) >= 11 is 0. The van der Waals surface area contributed by atoms with Crippen molar-refractivity contribution >= 4 is 5.69 Å². The molecule has 1 unspecified atom stereocenters. The normalized spacial score (nSPS) is 12.1. The minimum absolute atomic E-state index is 0.543. The van der Waals surface area contributed by atoms with Crippen LogP contribution in [0.3, 0.4) is 0 Å². The first-order valence-electron chi connectivity index (χ1n) is 6.08. The third-order valence-corrected chi connectivity index (χ3v) is 3.11. The topological polar surface area (TPSA) is 3.24 Å². The molecule has 0 aromatic heterocycles. The first-order valence-corrected chi connectivity index (χ1v) is 6.08. The number of nitrogens with zero attached hydrogens (tertiary/aromatic N) is 1. The molecule has 0 radical (unpaired) electrons. The van der Waals surface area contributed by atoms with Gasteiger partial charge in [-0.15, -0.1) is 0 Å². The average Bonchev–Trinajstić information content (AvgIpc) is 2.40. The highest BCUT2D eigenvalue weighted by atomic mass is 15.1. The second-order valence-electron chi connectivity index (χ2n) is 4.53. The minimum atomic E-state index is 0.543. The molecule has 0 aliphatic rings. The number of rotatable bonds is 4. The lowest BCUT2D eigenvalue weighted by atomic mass is 10.0. The summed E-state index contributed by atoms with van der Waals surface area (Å²) in [6.45, 7) is 3.31. The van der Waals surface area contributed by atoms with E-state index in [-0.39, 0.29) is 0 Å². The van der Waals surface area contributed by atoms with E-state index >= 15 is 0 Å². The SMILES string of the molecule is CC(CN(C)c1ccccc1)c1ccccc1. The van der Waals surface area contributed by atoms with Crippen LogP contribution < -0.4 is 4.90 Å². The lowest BCUT2D eigenvalue weighted by molar-refractivity contribution is 0.734. The zero-order valence-electron chi connectivity index (χ0n) is 10.5. The first-order chi connectivity index (χ1) is 8.27. The Hall–Kier alpha value is -1.76. The molecule has 0 saturated heterocycles. The van der Waals surface area contributed by atoms with Crippen LogP contribution in [0, 0.1) is 0 Å². The second-order valence-corrected chi connectivity index (χ2v) is 4.53. The third kappa shape index (κ3) is 3.10. The van der Waals surface area contributed by atoms with Gasteiger partial charge in [0.2, 0.25) is 0 Å². The van der Waals surface area contributed by atoms with Crippen molar-refractivity contribution in [2.45, 2.75) is 12.8 Å². The monoisotopic (exact) mass is 225 g/mol. The van der Waals surface area contributed by atoms with E-state index in [4.69, 9.17) is 0 Å². The van der Waals surface area contributed by atoms with Crippen LogP contribution in [0.1, 0.15) is 18.4 Å². The van der Waals surface area contributed by atoms with Crippen molar-refractivity contribution in [1.29, 1.82) is 0 Å². The molecule has 0 aliphatic carbocycles. The van der Waals surface area contributed by atoms with E-state index in [1.807, 2.05) is 0 Å². The number of benzene rings is 2. The Kier molecular flexibility index (Phi) is 3.81. The number of anilines is 1. The minimum Gasteiger partial charge on any atom is -0.374 e. The molecule has 0 saturated carbocycles. The predicted molar refractivity (Wildman–Crippen MR) is 74.6 cm³/mol. The molecule has 0 amide bonds. The molecule has 2 rings (SSSR count). The van der Waals surface area contributed by atoms with Crippen LogP contribution in [-0.4, -0.2) is 13.6 Å². The Morgan fingerprint density at radius 1 is 0.882 bits per heavy atom. The molecule has 0 N–H and O–H groups in total.